The zero-order chi connectivity index (χ0) is 26.8. The maximum atomic E-state index is 13.2. The molecule has 5 aromatic carbocycles. The molecule has 1 heterocycles. The Balaban J connectivity index is 1.51. The van der Waals surface area contributed by atoms with Gasteiger partial charge in [0.15, 0.2) is 23.0 Å². The summed E-state index contributed by atoms with van der Waals surface area (Å²) in [6.45, 7) is 0.756. The van der Waals surface area contributed by atoms with Crippen molar-refractivity contribution >= 4 is 32.5 Å². The minimum atomic E-state index is -0.503. The highest BCUT2D eigenvalue weighted by atomic mass is 16.5. The summed E-state index contributed by atoms with van der Waals surface area (Å²) in [5, 5.41) is 3.45. The Morgan fingerprint density at radius 1 is 0.615 bits per heavy atom. The predicted octanol–water partition coefficient (Wildman–Crippen LogP) is 7.27. The highest BCUT2D eigenvalue weighted by molar-refractivity contribution is 6.15. The largest absolute Gasteiger partial charge is 0.493 e. The lowest BCUT2D eigenvalue weighted by Crippen LogP contribution is -2.04. The van der Waals surface area contributed by atoms with Crippen molar-refractivity contribution in [3.63, 3.8) is 0 Å². The van der Waals surface area contributed by atoms with Gasteiger partial charge < -0.3 is 23.4 Å². The van der Waals surface area contributed by atoms with Crippen LogP contribution in [0.5, 0.6) is 23.0 Å². The molecule has 6 aromatic rings. The minimum Gasteiger partial charge on any atom is -0.493 e. The first-order chi connectivity index (χ1) is 19.2. The highest BCUT2D eigenvalue weighted by Crippen LogP contribution is 2.41. The molecule has 6 heteroatoms. The van der Waals surface area contributed by atoms with Crippen LogP contribution in [0, 0.1) is 0 Å². The van der Waals surface area contributed by atoms with Gasteiger partial charge in [-0.2, -0.15) is 0 Å². The van der Waals surface area contributed by atoms with Crippen LogP contribution in [0.2, 0.25) is 0 Å². The Kier molecular flexibility index (Phi) is 6.51. The van der Waals surface area contributed by atoms with Crippen LogP contribution in [0.15, 0.2) is 106 Å². The molecule has 39 heavy (non-hydrogen) atoms. The molecule has 0 aliphatic heterocycles. The summed E-state index contributed by atoms with van der Waals surface area (Å²) in [6, 6.07) is 31.3. The Bertz CT molecular complexity index is 1840. The number of hydrogen-bond acceptors (Lipinski definition) is 6. The van der Waals surface area contributed by atoms with Crippen molar-refractivity contribution in [2.75, 3.05) is 14.2 Å². The molecule has 0 amide bonds. The van der Waals surface area contributed by atoms with E-state index in [1.165, 1.54) is 14.2 Å². The second-order valence-electron chi connectivity index (χ2n) is 9.12. The lowest BCUT2D eigenvalue weighted by Gasteiger charge is -2.16. The van der Waals surface area contributed by atoms with E-state index >= 15 is 0 Å². The number of ether oxygens (including phenoxy) is 4. The Morgan fingerprint density at radius 2 is 1.23 bits per heavy atom. The summed E-state index contributed by atoms with van der Waals surface area (Å²) in [5.74, 6) is 1.98. The van der Waals surface area contributed by atoms with Gasteiger partial charge in [0.2, 0.25) is 0 Å². The van der Waals surface area contributed by atoms with Crippen LogP contribution >= 0.6 is 0 Å². The molecule has 194 valence electrons. The third-order valence-electron chi connectivity index (χ3n) is 6.74. The highest BCUT2D eigenvalue weighted by Gasteiger charge is 2.19. The van der Waals surface area contributed by atoms with Crippen molar-refractivity contribution < 1.29 is 23.4 Å². The average molecular weight is 519 g/mol. The Hall–Kier alpha value is -4.97. The van der Waals surface area contributed by atoms with Gasteiger partial charge in [-0.3, -0.25) is 0 Å². The molecule has 0 unspecified atom stereocenters. The van der Waals surface area contributed by atoms with Gasteiger partial charge in [0.1, 0.15) is 24.2 Å². The SMILES string of the molecule is COc1ccc2c(c1OC)c(=O)oc1c3cc(OCc4ccccc4)c(OCc4ccccc4)cc3ccc21. The first-order valence-corrected chi connectivity index (χ1v) is 12.6. The van der Waals surface area contributed by atoms with Crippen LogP contribution in [0.4, 0.5) is 0 Å². The molecular weight excluding hydrogens is 492 g/mol. The van der Waals surface area contributed by atoms with Crippen LogP contribution in [-0.2, 0) is 13.2 Å². The van der Waals surface area contributed by atoms with Gasteiger partial charge in [0.25, 0.3) is 0 Å². The fourth-order valence-corrected chi connectivity index (χ4v) is 4.82. The van der Waals surface area contributed by atoms with Crippen molar-refractivity contribution in [1.29, 1.82) is 0 Å². The van der Waals surface area contributed by atoms with E-state index in [-0.39, 0.29) is 0 Å². The molecule has 0 fully saturated rings. The first-order valence-electron chi connectivity index (χ1n) is 12.6. The van der Waals surface area contributed by atoms with Crippen LogP contribution in [-0.4, -0.2) is 14.2 Å². The number of hydrogen-bond donors (Lipinski definition) is 0. The fraction of sp³-hybridized carbons (Fsp3) is 0.121. The summed E-state index contributed by atoms with van der Waals surface area (Å²) in [7, 11) is 3.04. The zero-order valence-corrected chi connectivity index (χ0v) is 21.6. The van der Waals surface area contributed by atoms with Crippen molar-refractivity contribution in [2.45, 2.75) is 13.2 Å². The molecule has 0 aliphatic carbocycles. The maximum Gasteiger partial charge on any atom is 0.348 e. The monoisotopic (exact) mass is 518 g/mol. The zero-order valence-electron chi connectivity index (χ0n) is 21.6. The van der Waals surface area contributed by atoms with Crippen LogP contribution < -0.4 is 24.6 Å². The molecule has 0 radical (unpaired) electrons. The quantitative estimate of drug-likeness (QED) is 0.156. The molecular formula is C33H26O6. The summed E-state index contributed by atoms with van der Waals surface area (Å²) in [4.78, 5) is 13.2. The van der Waals surface area contributed by atoms with Gasteiger partial charge in [-0.05, 0) is 46.8 Å². The standard InChI is InChI=1S/C33H26O6/c1-35-27-16-15-24-25-14-13-23-17-28(37-19-21-9-5-3-6-10-21)29(38-20-22-11-7-4-8-12-22)18-26(23)31(25)39-33(34)30(24)32(27)36-2/h3-18H,19-20H2,1-2H3. The molecule has 0 bridgehead atoms. The summed E-state index contributed by atoms with van der Waals surface area (Å²) >= 11 is 0. The minimum absolute atomic E-state index is 0.340. The lowest BCUT2D eigenvalue weighted by molar-refractivity contribution is 0.256. The van der Waals surface area contributed by atoms with Gasteiger partial charge in [-0.15, -0.1) is 0 Å². The van der Waals surface area contributed by atoms with E-state index in [0.717, 1.165) is 32.7 Å². The van der Waals surface area contributed by atoms with E-state index in [2.05, 4.69) is 0 Å². The maximum absolute atomic E-state index is 13.2. The van der Waals surface area contributed by atoms with Gasteiger partial charge >= 0.3 is 5.63 Å². The molecule has 0 saturated carbocycles. The molecule has 0 aliphatic rings. The van der Waals surface area contributed by atoms with Crippen LogP contribution in [0.25, 0.3) is 32.5 Å². The number of benzene rings is 5. The fourth-order valence-electron chi connectivity index (χ4n) is 4.82. The average Bonchev–Trinajstić information content (AvgIpc) is 2.99. The van der Waals surface area contributed by atoms with E-state index < -0.39 is 5.63 Å². The van der Waals surface area contributed by atoms with E-state index in [0.29, 0.717) is 47.2 Å². The molecule has 1 aromatic heterocycles. The predicted molar refractivity (Wildman–Crippen MR) is 152 cm³/mol. The van der Waals surface area contributed by atoms with Crippen molar-refractivity contribution in [2.24, 2.45) is 0 Å². The number of fused-ring (bicyclic) bond motifs is 5. The van der Waals surface area contributed by atoms with Crippen molar-refractivity contribution in [1.82, 2.24) is 0 Å². The molecule has 0 saturated heterocycles. The van der Waals surface area contributed by atoms with E-state index in [1.807, 2.05) is 91.0 Å². The second kappa shape index (κ2) is 10.4. The van der Waals surface area contributed by atoms with E-state index in [9.17, 15) is 4.79 Å². The summed E-state index contributed by atoms with van der Waals surface area (Å²) < 4.78 is 29.3. The van der Waals surface area contributed by atoms with Crippen LogP contribution in [0.1, 0.15) is 11.1 Å². The smallest absolute Gasteiger partial charge is 0.348 e. The van der Waals surface area contributed by atoms with Crippen LogP contribution in [0.3, 0.4) is 0 Å². The lowest BCUT2D eigenvalue weighted by atomic mass is 10.0. The van der Waals surface area contributed by atoms with Gasteiger partial charge in [-0.1, -0.05) is 66.7 Å². The molecule has 6 nitrogen and oxygen atoms in total. The molecule has 0 spiro atoms. The Morgan fingerprint density at radius 3 is 1.85 bits per heavy atom. The van der Waals surface area contributed by atoms with Crippen molar-refractivity contribution in [3.05, 3.63) is 119 Å². The molecule has 0 N–H and O–H groups in total. The van der Waals surface area contributed by atoms with Crippen molar-refractivity contribution in [3.8, 4) is 23.0 Å². The first kappa shape index (κ1) is 24.4. The third-order valence-corrected chi connectivity index (χ3v) is 6.74. The summed E-state index contributed by atoms with van der Waals surface area (Å²) in [5.41, 5.74) is 2.04. The number of rotatable bonds is 8. The van der Waals surface area contributed by atoms with E-state index in [1.54, 1.807) is 6.07 Å². The third kappa shape index (κ3) is 4.61. The van der Waals surface area contributed by atoms with Gasteiger partial charge in [0, 0.05) is 16.2 Å². The normalized spacial score (nSPS) is 11.1. The summed E-state index contributed by atoms with van der Waals surface area (Å²) in [6.07, 6.45) is 0. The van der Waals surface area contributed by atoms with Gasteiger partial charge in [0.05, 0.1) is 14.2 Å². The topological polar surface area (TPSA) is 67.1 Å². The Labute approximate surface area is 224 Å². The van der Waals surface area contributed by atoms with E-state index in [4.69, 9.17) is 23.4 Å². The molecule has 6 rings (SSSR count). The molecule has 0 atom stereocenters. The van der Waals surface area contributed by atoms with Gasteiger partial charge in [-0.25, -0.2) is 4.79 Å². The number of methoxy groups -OCH3 is 2. The second-order valence-corrected chi connectivity index (χ2v) is 9.12.